The Morgan fingerprint density at radius 3 is 2.33 bits per heavy atom. The van der Waals surface area contributed by atoms with Gasteiger partial charge in [0.05, 0.1) is 25.7 Å². The summed E-state index contributed by atoms with van der Waals surface area (Å²) in [5, 5.41) is 2.98. The lowest BCUT2D eigenvalue weighted by Crippen LogP contribution is -2.54. The smallest absolute Gasteiger partial charge is 0.223 e. The topological polar surface area (TPSA) is 50.8 Å². The van der Waals surface area contributed by atoms with E-state index >= 15 is 0 Å². The van der Waals surface area contributed by atoms with E-state index in [1.54, 1.807) is 0 Å². The van der Waals surface area contributed by atoms with Gasteiger partial charge in [-0.15, -0.1) is 0 Å². The zero-order valence-electron chi connectivity index (χ0n) is 17.5. The maximum atomic E-state index is 12.9. The molecule has 2 fully saturated rings. The first-order chi connectivity index (χ1) is 14.5. The summed E-state index contributed by atoms with van der Waals surface area (Å²) in [4.78, 5) is 14.4. The van der Waals surface area contributed by atoms with Crippen molar-refractivity contribution in [2.45, 2.75) is 45.0 Å². The molecule has 6 heteroatoms. The SMILES string of the molecule is CCOc1ccc(N2CC(Oc3ccc([C@H](C)NC(=O)C4CC(F)C4)cc3)C2)cc1. The number of hydrogen-bond acceptors (Lipinski definition) is 4. The summed E-state index contributed by atoms with van der Waals surface area (Å²) in [6.45, 7) is 6.28. The van der Waals surface area contributed by atoms with Gasteiger partial charge in [-0.1, -0.05) is 12.1 Å². The maximum Gasteiger partial charge on any atom is 0.223 e. The number of nitrogens with one attached hydrogen (secondary N) is 1. The van der Waals surface area contributed by atoms with Crippen molar-refractivity contribution >= 4 is 11.6 Å². The van der Waals surface area contributed by atoms with Gasteiger partial charge in [-0.25, -0.2) is 4.39 Å². The van der Waals surface area contributed by atoms with Crippen molar-refractivity contribution in [3.05, 3.63) is 54.1 Å². The first kappa shape index (κ1) is 20.5. The number of benzene rings is 2. The number of halogens is 1. The molecule has 2 aromatic carbocycles. The van der Waals surface area contributed by atoms with Crippen LogP contribution in [0.2, 0.25) is 0 Å². The molecule has 1 heterocycles. The molecule has 0 radical (unpaired) electrons. The van der Waals surface area contributed by atoms with Gasteiger partial charge in [-0.2, -0.15) is 0 Å². The number of ether oxygens (including phenoxy) is 2. The standard InChI is InChI=1S/C24H29FN2O3/c1-3-29-21-10-6-20(7-11-21)27-14-23(15-27)30-22-8-4-17(5-9-22)16(2)26-24(28)18-12-19(25)13-18/h4-11,16,18-19,23H,3,12-15H2,1-2H3,(H,26,28)/t16-,18?,19?/m0/s1. The highest BCUT2D eigenvalue weighted by atomic mass is 19.1. The summed E-state index contributed by atoms with van der Waals surface area (Å²) >= 11 is 0. The number of anilines is 1. The molecule has 160 valence electrons. The largest absolute Gasteiger partial charge is 0.494 e. The Bertz CT molecular complexity index is 844. The zero-order chi connectivity index (χ0) is 21.1. The Morgan fingerprint density at radius 2 is 1.73 bits per heavy atom. The Labute approximate surface area is 177 Å². The highest BCUT2D eigenvalue weighted by molar-refractivity contribution is 5.80. The van der Waals surface area contributed by atoms with Gasteiger partial charge in [-0.3, -0.25) is 4.79 Å². The van der Waals surface area contributed by atoms with Crippen molar-refractivity contribution in [2.75, 3.05) is 24.6 Å². The van der Waals surface area contributed by atoms with Crippen molar-refractivity contribution in [3.63, 3.8) is 0 Å². The number of rotatable bonds is 8. The van der Waals surface area contributed by atoms with Gasteiger partial charge in [0.2, 0.25) is 5.91 Å². The van der Waals surface area contributed by atoms with Crippen LogP contribution >= 0.6 is 0 Å². The summed E-state index contributed by atoms with van der Waals surface area (Å²) in [5.74, 6) is 1.48. The summed E-state index contributed by atoms with van der Waals surface area (Å²) in [5.41, 5.74) is 2.18. The van der Waals surface area contributed by atoms with Crippen LogP contribution in [0.4, 0.5) is 10.1 Å². The van der Waals surface area contributed by atoms with Crippen LogP contribution in [0.5, 0.6) is 11.5 Å². The lowest BCUT2D eigenvalue weighted by Gasteiger charge is -2.40. The van der Waals surface area contributed by atoms with Gasteiger partial charge < -0.3 is 19.7 Å². The van der Waals surface area contributed by atoms with Gasteiger partial charge >= 0.3 is 0 Å². The monoisotopic (exact) mass is 412 g/mol. The van der Waals surface area contributed by atoms with Crippen molar-refractivity contribution < 1.29 is 18.7 Å². The van der Waals surface area contributed by atoms with E-state index in [1.165, 1.54) is 5.69 Å². The van der Waals surface area contributed by atoms with Crippen LogP contribution in [0.3, 0.4) is 0 Å². The number of carbonyl (C=O) groups excluding carboxylic acids is 1. The predicted molar refractivity (Wildman–Crippen MR) is 115 cm³/mol. The van der Waals surface area contributed by atoms with Crippen LogP contribution < -0.4 is 19.7 Å². The first-order valence-corrected chi connectivity index (χ1v) is 10.7. The van der Waals surface area contributed by atoms with Crippen molar-refractivity contribution in [3.8, 4) is 11.5 Å². The third-order valence-corrected chi connectivity index (χ3v) is 5.85. The summed E-state index contributed by atoms with van der Waals surface area (Å²) in [6.07, 6.45) is 0.0389. The minimum Gasteiger partial charge on any atom is -0.494 e. The zero-order valence-corrected chi connectivity index (χ0v) is 17.5. The molecule has 1 aliphatic heterocycles. The quantitative estimate of drug-likeness (QED) is 0.703. The molecule has 0 bridgehead atoms. The van der Waals surface area contributed by atoms with Gasteiger partial charge in [-0.05, 0) is 68.7 Å². The van der Waals surface area contributed by atoms with Crippen molar-refractivity contribution in [1.29, 1.82) is 0 Å². The van der Waals surface area contributed by atoms with Crippen LogP contribution in [0, 0.1) is 5.92 Å². The summed E-state index contributed by atoms with van der Waals surface area (Å²) in [7, 11) is 0. The third kappa shape index (κ3) is 4.69. The Morgan fingerprint density at radius 1 is 1.10 bits per heavy atom. The molecular weight excluding hydrogens is 383 g/mol. The van der Waals surface area contributed by atoms with Crippen LogP contribution in [0.1, 0.15) is 38.3 Å². The molecule has 1 aliphatic carbocycles. The van der Waals surface area contributed by atoms with E-state index < -0.39 is 6.17 Å². The molecule has 4 rings (SSSR count). The number of alkyl halides is 1. The van der Waals surface area contributed by atoms with E-state index in [4.69, 9.17) is 9.47 Å². The van der Waals surface area contributed by atoms with E-state index in [9.17, 15) is 9.18 Å². The second-order valence-corrected chi connectivity index (χ2v) is 8.14. The molecule has 2 aliphatic rings. The second kappa shape index (κ2) is 8.94. The van der Waals surface area contributed by atoms with E-state index in [-0.39, 0.29) is 24.0 Å². The number of hydrogen-bond donors (Lipinski definition) is 1. The fourth-order valence-corrected chi connectivity index (χ4v) is 3.85. The fraction of sp³-hybridized carbons (Fsp3) is 0.458. The van der Waals surface area contributed by atoms with Crippen LogP contribution in [0.15, 0.2) is 48.5 Å². The number of nitrogens with zero attached hydrogens (tertiary/aromatic N) is 1. The highest BCUT2D eigenvalue weighted by Gasteiger charge is 2.35. The predicted octanol–water partition coefficient (Wildman–Crippen LogP) is 4.28. The minimum atomic E-state index is -0.815. The molecule has 2 aromatic rings. The van der Waals surface area contributed by atoms with Crippen molar-refractivity contribution in [1.82, 2.24) is 5.32 Å². The molecule has 30 heavy (non-hydrogen) atoms. The summed E-state index contributed by atoms with van der Waals surface area (Å²) < 4.78 is 24.5. The lowest BCUT2D eigenvalue weighted by molar-refractivity contribution is -0.130. The molecule has 0 spiro atoms. The molecule has 1 atom stereocenters. The van der Waals surface area contributed by atoms with Gasteiger partial charge in [0.25, 0.3) is 0 Å². The van der Waals surface area contributed by atoms with Gasteiger partial charge in [0.1, 0.15) is 23.8 Å². The average Bonchev–Trinajstić information content (AvgIpc) is 2.69. The molecule has 5 nitrogen and oxygen atoms in total. The minimum absolute atomic E-state index is 0.0550. The van der Waals surface area contributed by atoms with Crippen molar-refractivity contribution in [2.24, 2.45) is 5.92 Å². The molecule has 1 amide bonds. The van der Waals surface area contributed by atoms with E-state index in [0.29, 0.717) is 19.4 Å². The van der Waals surface area contributed by atoms with E-state index in [0.717, 1.165) is 30.2 Å². The Kier molecular flexibility index (Phi) is 6.11. The highest BCUT2D eigenvalue weighted by Crippen LogP contribution is 2.31. The molecular formula is C24H29FN2O3. The molecule has 0 unspecified atom stereocenters. The first-order valence-electron chi connectivity index (χ1n) is 10.7. The van der Waals surface area contributed by atoms with Gasteiger partial charge in [0, 0.05) is 11.6 Å². The second-order valence-electron chi connectivity index (χ2n) is 8.14. The average molecular weight is 413 g/mol. The van der Waals surface area contributed by atoms with E-state index in [2.05, 4.69) is 22.3 Å². The van der Waals surface area contributed by atoms with Crippen LogP contribution in [-0.2, 0) is 4.79 Å². The molecule has 1 saturated carbocycles. The summed E-state index contributed by atoms with van der Waals surface area (Å²) in [6, 6.07) is 15.9. The molecule has 1 saturated heterocycles. The maximum absolute atomic E-state index is 12.9. The Hall–Kier alpha value is -2.76. The van der Waals surface area contributed by atoms with E-state index in [1.807, 2.05) is 50.2 Å². The third-order valence-electron chi connectivity index (χ3n) is 5.85. The molecule has 1 N–H and O–H groups in total. The molecule has 0 aromatic heterocycles. The fourth-order valence-electron chi connectivity index (χ4n) is 3.85. The van der Waals surface area contributed by atoms with Gasteiger partial charge in [0.15, 0.2) is 0 Å². The number of carbonyl (C=O) groups is 1. The van der Waals surface area contributed by atoms with Crippen LogP contribution in [0.25, 0.3) is 0 Å². The normalized spacial score (nSPS) is 21.9. The van der Waals surface area contributed by atoms with Crippen LogP contribution in [-0.4, -0.2) is 37.9 Å². The Balaban J connectivity index is 1.23. The lowest BCUT2D eigenvalue weighted by atomic mass is 9.82. The number of amides is 1.